The number of aliphatic hydroxyl groups is 2. The Kier molecular flexibility index (Phi) is 8.74. The van der Waals surface area contributed by atoms with Crippen LogP contribution in [0.25, 0.3) is 0 Å². The standard InChI is InChI=1S/C16H23NO4.K/c1-11(19)7-15(16(20)21)17-8-13(10-18)14(9-17)12-5-3-2-4-6-12;/h2-6,11,13-15,18-19H,7-10H2,1H3,(H,20,21);/q;+1/p-1/t11?,13-,14-,15?;/m0./s1. The maximum Gasteiger partial charge on any atom is 1.00 e. The van der Waals surface area contributed by atoms with Crippen molar-refractivity contribution in [3.05, 3.63) is 35.9 Å². The Morgan fingerprint density at radius 2 is 2.00 bits per heavy atom. The van der Waals surface area contributed by atoms with Crippen molar-refractivity contribution in [3.63, 3.8) is 0 Å². The molecule has 4 atom stereocenters. The summed E-state index contributed by atoms with van der Waals surface area (Å²) in [6, 6.07) is 9.00. The number of carboxylic acid groups (broad SMARTS) is 1. The Hall–Kier alpha value is 0.206. The van der Waals surface area contributed by atoms with Crippen molar-refractivity contribution in [1.82, 2.24) is 4.90 Å². The molecule has 0 aromatic heterocycles. The molecule has 0 radical (unpaired) electrons. The van der Waals surface area contributed by atoms with Crippen molar-refractivity contribution in [1.29, 1.82) is 0 Å². The number of carboxylic acids is 1. The van der Waals surface area contributed by atoms with Crippen LogP contribution in [0.4, 0.5) is 0 Å². The van der Waals surface area contributed by atoms with E-state index in [0.717, 1.165) is 5.56 Å². The maximum atomic E-state index is 11.3. The van der Waals surface area contributed by atoms with Crippen LogP contribution < -0.4 is 56.5 Å². The van der Waals surface area contributed by atoms with Crippen LogP contribution in [0.15, 0.2) is 30.3 Å². The topological polar surface area (TPSA) is 83.8 Å². The van der Waals surface area contributed by atoms with Crippen LogP contribution in [0.3, 0.4) is 0 Å². The molecule has 0 aliphatic carbocycles. The Balaban J connectivity index is 0.00000242. The van der Waals surface area contributed by atoms with E-state index in [4.69, 9.17) is 0 Å². The molecule has 1 aliphatic heterocycles. The summed E-state index contributed by atoms with van der Waals surface area (Å²) >= 11 is 0. The van der Waals surface area contributed by atoms with Crippen molar-refractivity contribution < 1.29 is 71.5 Å². The maximum absolute atomic E-state index is 11.3. The second-order valence-electron chi connectivity index (χ2n) is 5.83. The minimum Gasteiger partial charge on any atom is -0.548 e. The molecule has 0 saturated carbocycles. The van der Waals surface area contributed by atoms with Crippen LogP contribution in [-0.2, 0) is 4.79 Å². The zero-order chi connectivity index (χ0) is 15.4. The van der Waals surface area contributed by atoms with E-state index in [1.165, 1.54) is 0 Å². The largest absolute Gasteiger partial charge is 1.00 e. The number of aliphatic hydroxyl groups excluding tert-OH is 2. The first kappa shape index (κ1) is 20.3. The molecule has 1 aromatic carbocycles. The molecule has 116 valence electrons. The summed E-state index contributed by atoms with van der Waals surface area (Å²) in [6.45, 7) is 2.65. The molecule has 1 heterocycles. The second-order valence-corrected chi connectivity index (χ2v) is 5.83. The van der Waals surface area contributed by atoms with Crippen LogP contribution >= 0.6 is 0 Å². The van der Waals surface area contributed by atoms with Gasteiger partial charge in [-0.05, 0) is 18.9 Å². The molecule has 22 heavy (non-hydrogen) atoms. The van der Waals surface area contributed by atoms with Crippen molar-refractivity contribution in [2.75, 3.05) is 19.7 Å². The number of aliphatic carboxylic acids is 1. The van der Waals surface area contributed by atoms with E-state index in [0.29, 0.717) is 13.1 Å². The van der Waals surface area contributed by atoms with Gasteiger partial charge < -0.3 is 20.1 Å². The van der Waals surface area contributed by atoms with Gasteiger partial charge in [0.2, 0.25) is 0 Å². The summed E-state index contributed by atoms with van der Waals surface area (Å²) in [6.07, 6.45) is -0.557. The normalized spacial score (nSPS) is 24.5. The predicted molar refractivity (Wildman–Crippen MR) is 76.4 cm³/mol. The Morgan fingerprint density at radius 3 is 2.50 bits per heavy atom. The van der Waals surface area contributed by atoms with Crippen molar-refractivity contribution in [2.45, 2.75) is 31.4 Å². The number of nitrogens with zero attached hydrogens (tertiary/aromatic N) is 1. The summed E-state index contributed by atoms with van der Waals surface area (Å²) in [5, 5.41) is 30.4. The molecule has 1 aliphatic rings. The molecule has 1 saturated heterocycles. The summed E-state index contributed by atoms with van der Waals surface area (Å²) < 4.78 is 0. The van der Waals surface area contributed by atoms with Crippen molar-refractivity contribution >= 4 is 5.97 Å². The molecule has 0 bridgehead atoms. The quantitative estimate of drug-likeness (QED) is 0.531. The smallest absolute Gasteiger partial charge is 0.548 e. The summed E-state index contributed by atoms with van der Waals surface area (Å²) in [5.41, 5.74) is 1.10. The number of likely N-dealkylation sites (tertiary alicyclic amines) is 1. The second kappa shape index (κ2) is 9.49. The molecular weight excluding hydrogens is 309 g/mol. The van der Waals surface area contributed by atoms with Crippen LogP contribution in [-0.4, -0.2) is 52.9 Å². The average molecular weight is 331 g/mol. The number of hydrogen-bond acceptors (Lipinski definition) is 5. The van der Waals surface area contributed by atoms with E-state index in [1.54, 1.807) is 11.8 Å². The van der Waals surface area contributed by atoms with E-state index >= 15 is 0 Å². The minimum atomic E-state index is -1.17. The number of hydrogen-bond donors (Lipinski definition) is 2. The van der Waals surface area contributed by atoms with Gasteiger partial charge in [0.1, 0.15) is 0 Å². The molecule has 2 rings (SSSR count). The fraction of sp³-hybridized carbons (Fsp3) is 0.562. The van der Waals surface area contributed by atoms with Gasteiger partial charge in [0, 0.05) is 31.5 Å². The Morgan fingerprint density at radius 1 is 1.36 bits per heavy atom. The molecule has 2 N–H and O–H groups in total. The molecule has 2 unspecified atom stereocenters. The molecule has 1 aromatic rings. The first-order chi connectivity index (χ1) is 10.0. The van der Waals surface area contributed by atoms with Gasteiger partial charge in [-0.25, -0.2) is 0 Å². The summed E-state index contributed by atoms with van der Waals surface area (Å²) in [5.74, 6) is -1.06. The van der Waals surface area contributed by atoms with E-state index in [9.17, 15) is 20.1 Å². The van der Waals surface area contributed by atoms with Gasteiger partial charge in [-0.2, -0.15) is 0 Å². The third-order valence-electron chi connectivity index (χ3n) is 4.21. The van der Waals surface area contributed by atoms with Crippen LogP contribution in [0.2, 0.25) is 0 Å². The van der Waals surface area contributed by atoms with E-state index in [2.05, 4.69) is 0 Å². The molecule has 6 heteroatoms. The van der Waals surface area contributed by atoms with Gasteiger partial charge in [0.15, 0.2) is 0 Å². The van der Waals surface area contributed by atoms with Crippen LogP contribution in [0, 0.1) is 5.92 Å². The SMILES string of the molecule is CC(O)CC(C(=O)[O-])N1C[C@@H](CO)[C@H](c2ccccc2)C1.[K+]. The monoisotopic (exact) mass is 331 g/mol. The number of rotatable bonds is 6. The summed E-state index contributed by atoms with van der Waals surface area (Å²) in [4.78, 5) is 13.1. The van der Waals surface area contributed by atoms with Crippen LogP contribution in [0.1, 0.15) is 24.8 Å². The van der Waals surface area contributed by atoms with Gasteiger partial charge >= 0.3 is 51.4 Å². The molecule has 0 amide bonds. The van der Waals surface area contributed by atoms with Gasteiger partial charge in [0.25, 0.3) is 0 Å². The Labute approximate surface area is 173 Å². The van der Waals surface area contributed by atoms with Gasteiger partial charge in [-0.1, -0.05) is 30.3 Å². The van der Waals surface area contributed by atoms with Gasteiger partial charge in [0.05, 0.1) is 18.1 Å². The van der Waals surface area contributed by atoms with E-state index in [-0.39, 0.29) is 76.2 Å². The third-order valence-corrected chi connectivity index (χ3v) is 4.21. The predicted octanol–water partition coefficient (Wildman–Crippen LogP) is -3.41. The Bertz CT molecular complexity index is 468. The number of benzene rings is 1. The fourth-order valence-electron chi connectivity index (χ4n) is 3.14. The average Bonchev–Trinajstić information content (AvgIpc) is 2.89. The van der Waals surface area contributed by atoms with Crippen molar-refractivity contribution in [2.24, 2.45) is 5.92 Å². The first-order valence-electron chi connectivity index (χ1n) is 7.31. The van der Waals surface area contributed by atoms with E-state index < -0.39 is 18.1 Å². The van der Waals surface area contributed by atoms with E-state index in [1.807, 2.05) is 30.3 Å². The van der Waals surface area contributed by atoms with Gasteiger partial charge in [-0.3, -0.25) is 4.90 Å². The fourth-order valence-corrected chi connectivity index (χ4v) is 3.14. The molecule has 5 nitrogen and oxygen atoms in total. The number of carbonyl (C=O) groups excluding carboxylic acids is 1. The van der Waals surface area contributed by atoms with Gasteiger partial charge in [-0.15, -0.1) is 0 Å². The first-order valence-corrected chi connectivity index (χ1v) is 7.31. The number of carbonyl (C=O) groups is 1. The molecule has 0 spiro atoms. The minimum absolute atomic E-state index is 0. The summed E-state index contributed by atoms with van der Waals surface area (Å²) in [7, 11) is 0. The third kappa shape index (κ3) is 5.11. The molecular formula is C16H22KNO4. The molecule has 1 fully saturated rings. The zero-order valence-corrected chi connectivity index (χ0v) is 16.3. The van der Waals surface area contributed by atoms with Crippen LogP contribution in [0.5, 0.6) is 0 Å². The van der Waals surface area contributed by atoms with Crippen molar-refractivity contribution in [3.8, 4) is 0 Å². The zero-order valence-electron chi connectivity index (χ0n) is 13.2.